The Labute approximate surface area is 153 Å². The lowest BCUT2D eigenvalue weighted by Crippen LogP contribution is -2.32. The van der Waals surface area contributed by atoms with E-state index in [4.69, 9.17) is 4.74 Å². The van der Waals surface area contributed by atoms with Gasteiger partial charge in [0.15, 0.2) is 17.0 Å². The van der Waals surface area contributed by atoms with E-state index in [1.807, 2.05) is 30.2 Å². The number of ether oxygens (including phenoxy) is 1. The van der Waals surface area contributed by atoms with Gasteiger partial charge in [-0.3, -0.25) is 9.36 Å². The summed E-state index contributed by atoms with van der Waals surface area (Å²) in [4.78, 5) is 27.6. The second-order valence-electron chi connectivity index (χ2n) is 7.39. The highest BCUT2D eigenvalue weighted by Crippen LogP contribution is 2.32. The first-order valence-electron chi connectivity index (χ1n) is 9.50. The summed E-state index contributed by atoms with van der Waals surface area (Å²) in [7, 11) is 0. The van der Waals surface area contributed by atoms with Crippen molar-refractivity contribution in [3.8, 4) is 6.01 Å². The van der Waals surface area contributed by atoms with Gasteiger partial charge in [0, 0.05) is 31.6 Å². The van der Waals surface area contributed by atoms with Crippen LogP contribution < -0.4 is 10.1 Å². The highest BCUT2D eigenvalue weighted by molar-refractivity contribution is 5.84. The molecule has 1 N–H and O–H groups in total. The van der Waals surface area contributed by atoms with Gasteiger partial charge in [-0.2, -0.15) is 4.98 Å². The Balaban J connectivity index is 1.55. The average Bonchev–Trinajstić information content (AvgIpc) is 3.25. The molecule has 4 rings (SSSR count). The molecule has 26 heavy (non-hydrogen) atoms. The van der Waals surface area contributed by atoms with Crippen molar-refractivity contribution in [1.82, 2.24) is 24.4 Å². The molecule has 2 aromatic rings. The van der Waals surface area contributed by atoms with Crippen molar-refractivity contribution in [1.29, 1.82) is 0 Å². The Morgan fingerprint density at radius 1 is 1.35 bits per heavy atom. The van der Waals surface area contributed by atoms with Gasteiger partial charge in [0.2, 0.25) is 5.91 Å². The number of likely N-dealkylation sites (tertiary alicyclic amines) is 1. The summed E-state index contributed by atoms with van der Waals surface area (Å²) in [5.41, 5.74) is 1.49. The topological polar surface area (TPSA) is 85.2 Å². The lowest BCUT2D eigenvalue weighted by atomic mass is 10.2. The Morgan fingerprint density at radius 2 is 2.15 bits per heavy atom. The van der Waals surface area contributed by atoms with Crippen LogP contribution >= 0.6 is 0 Å². The average molecular weight is 358 g/mol. The lowest BCUT2D eigenvalue weighted by Gasteiger charge is -2.17. The van der Waals surface area contributed by atoms with Crippen LogP contribution in [0.2, 0.25) is 0 Å². The maximum atomic E-state index is 12.2. The predicted octanol–water partition coefficient (Wildman–Crippen LogP) is 2.06. The summed E-state index contributed by atoms with van der Waals surface area (Å²) in [6.07, 6.45) is 4.62. The van der Waals surface area contributed by atoms with E-state index in [0.717, 1.165) is 50.1 Å². The highest BCUT2D eigenvalue weighted by Gasteiger charge is 2.36. The molecule has 0 radical (unpaired) electrons. The normalized spacial score (nSPS) is 20.2. The second-order valence-corrected chi connectivity index (χ2v) is 7.39. The number of carbonyl (C=O) groups excluding carboxylic acids is 1. The van der Waals surface area contributed by atoms with E-state index in [1.165, 1.54) is 0 Å². The van der Waals surface area contributed by atoms with E-state index in [2.05, 4.69) is 20.3 Å². The summed E-state index contributed by atoms with van der Waals surface area (Å²) in [5, 5.41) is 3.47. The third-order valence-electron chi connectivity index (χ3n) is 4.92. The Kier molecular flexibility index (Phi) is 4.42. The number of hydrogen-bond donors (Lipinski definition) is 1. The smallest absolute Gasteiger partial charge is 0.298 e. The van der Waals surface area contributed by atoms with E-state index in [1.54, 1.807) is 6.33 Å². The van der Waals surface area contributed by atoms with Crippen LogP contribution in [0.25, 0.3) is 11.2 Å². The van der Waals surface area contributed by atoms with Gasteiger partial charge in [0.1, 0.15) is 6.33 Å². The standard InChI is InChI=1S/C18H26N6O2/c1-4-24-16-14(22-18(24)26-11(2)3)15(19-10-20-16)21-13-7-8-23(9-13)17(25)12-5-6-12/h10-13H,4-9H2,1-3H3,(H,19,20,21). The zero-order valence-electron chi connectivity index (χ0n) is 15.6. The van der Waals surface area contributed by atoms with Crippen molar-refractivity contribution in [2.75, 3.05) is 18.4 Å². The molecule has 1 unspecified atom stereocenters. The minimum atomic E-state index is 0.0401. The number of imidazole rings is 1. The fourth-order valence-electron chi connectivity index (χ4n) is 3.47. The number of aryl methyl sites for hydroxylation is 1. The number of rotatable bonds is 6. The SMILES string of the molecule is CCn1c(OC(C)C)nc2c(NC3CCN(C(=O)C4CC4)C3)ncnc21. The molecular formula is C18H26N6O2. The van der Waals surface area contributed by atoms with Crippen LogP contribution in [-0.4, -0.2) is 55.6 Å². The second kappa shape index (κ2) is 6.74. The summed E-state index contributed by atoms with van der Waals surface area (Å²) >= 11 is 0. The molecule has 1 amide bonds. The molecule has 1 saturated heterocycles. The molecule has 0 bridgehead atoms. The Morgan fingerprint density at radius 3 is 2.85 bits per heavy atom. The number of fused-ring (bicyclic) bond motifs is 1. The van der Waals surface area contributed by atoms with Gasteiger partial charge >= 0.3 is 0 Å². The first-order valence-corrected chi connectivity index (χ1v) is 9.50. The molecule has 2 aliphatic rings. The minimum absolute atomic E-state index is 0.0401. The van der Waals surface area contributed by atoms with Crippen molar-refractivity contribution in [2.24, 2.45) is 5.92 Å². The molecule has 1 aliphatic heterocycles. The van der Waals surface area contributed by atoms with Gasteiger partial charge < -0.3 is 15.0 Å². The summed E-state index contributed by atoms with van der Waals surface area (Å²) in [6, 6.07) is 0.759. The van der Waals surface area contributed by atoms with Crippen molar-refractivity contribution >= 4 is 22.9 Å². The van der Waals surface area contributed by atoms with Crippen LogP contribution in [0, 0.1) is 5.92 Å². The molecular weight excluding hydrogens is 332 g/mol. The van der Waals surface area contributed by atoms with Crippen LogP contribution in [-0.2, 0) is 11.3 Å². The number of nitrogens with one attached hydrogen (secondary N) is 1. The van der Waals surface area contributed by atoms with Gasteiger partial charge in [-0.05, 0) is 40.0 Å². The van der Waals surface area contributed by atoms with E-state index >= 15 is 0 Å². The van der Waals surface area contributed by atoms with Crippen LogP contribution in [0.1, 0.15) is 40.0 Å². The summed E-state index contributed by atoms with van der Waals surface area (Å²) in [6.45, 7) is 8.27. The molecule has 8 nitrogen and oxygen atoms in total. The molecule has 1 aliphatic carbocycles. The maximum absolute atomic E-state index is 12.2. The van der Waals surface area contributed by atoms with Crippen molar-refractivity contribution < 1.29 is 9.53 Å². The van der Waals surface area contributed by atoms with E-state index in [0.29, 0.717) is 17.7 Å². The van der Waals surface area contributed by atoms with Gasteiger partial charge in [-0.1, -0.05) is 0 Å². The van der Waals surface area contributed by atoms with Crippen molar-refractivity contribution in [3.63, 3.8) is 0 Å². The van der Waals surface area contributed by atoms with E-state index in [9.17, 15) is 4.79 Å². The molecule has 0 aromatic carbocycles. The van der Waals surface area contributed by atoms with Gasteiger partial charge in [-0.25, -0.2) is 9.97 Å². The molecule has 8 heteroatoms. The van der Waals surface area contributed by atoms with Gasteiger partial charge in [0.25, 0.3) is 6.01 Å². The quantitative estimate of drug-likeness (QED) is 0.851. The third kappa shape index (κ3) is 3.20. The van der Waals surface area contributed by atoms with Crippen LogP contribution in [0.15, 0.2) is 6.33 Å². The van der Waals surface area contributed by atoms with Crippen LogP contribution in [0.5, 0.6) is 6.01 Å². The molecule has 1 saturated carbocycles. The fraction of sp³-hybridized carbons (Fsp3) is 0.667. The predicted molar refractivity (Wildman–Crippen MR) is 98.1 cm³/mol. The number of amides is 1. The number of hydrogen-bond acceptors (Lipinski definition) is 6. The molecule has 2 aromatic heterocycles. The molecule has 140 valence electrons. The highest BCUT2D eigenvalue weighted by atomic mass is 16.5. The Bertz CT molecular complexity index is 813. The lowest BCUT2D eigenvalue weighted by molar-refractivity contribution is -0.131. The van der Waals surface area contributed by atoms with Gasteiger partial charge in [0.05, 0.1) is 6.10 Å². The third-order valence-corrected chi connectivity index (χ3v) is 4.92. The minimum Gasteiger partial charge on any atom is -0.462 e. The molecule has 0 spiro atoms. The summed E-state index contributed by atoms with van der Waals surface area (Å²) in [5.74, 6) is 1.29. The zero-order valence-corrected chi connectivity index (χ0v) is 15.6. The molecule has 1 atom stereocenters. The van der Waals surface area contributed by atoms with Crippen LogP contribution in [0.3, 0.4) is 0 Å². The van der Waals surface area contributed by atoms with Crippen molar-refractivity contribution in [2.45, 2.75) is 58.7 Å². The van der Waals surface area contributed by atoms with E-state index < -0.39 is 0 Å². The number of anilines is 1. The first-order chi connectivity index (χ1) is 12.6. The van der Waals surface area contributed by atoms with Gasteiger partial charge in [-0.15, -0.1) is 0 Å². The number of nitrogens with zero attached hydrogens (tertiary/aromatic N) is 5. The monoisotopic (exact) mass is 358 g/mol. The summed E-state index contributed by atoms with van der Waals surface area (Å²) < 4.78 is 7.79. The maximum Gasteiger partial charge on any atom is 0.298 e. The van der Waals surface area contributed by atoms with Crippen LogP contribution in [0.4, 0.5) is 5.82 Å². The largest absolute Gasteiger partial charge is 0.462 e. The number of aromatic nitrogens is 4. The number of carbonyl (C=O) groups is 1. The molecule has 2 fully saturated rings. The van der Waals surface area contributed by atoms with Crippen molar-refractivity contribution in [3.05, 3.63) is 6.33 Å². The zero-order chi connectivity index (χ0) is 18.3. The molecule has 3 heterocycles. The Hall–Kier alpha value is -2.38. The van der Waals surface area contributed by atoms with E-state index in [-0.39, 0.29) is 18.1 Å². The fourth-order valence-corrected chi connectivity index (χ4v) is 3.47. The first kappa shape index (κ1) is 17.1.